The molecular weight excluding hydrogens is 298 g/mol. The number of carbonyl (C=O) groups excluding carboxylic acids is 1. The summed E-state index contributed by atoms with van der Waals surface area (Å²) in [5.41, 5.74) is 0.683. The highest BCUT2D eigenvalue weighted by molar-refractivity contribution is 5.92. The standard InChI is InChI=1S/C16H25N3O4/c1-21-14-4-3-13(11-15(14)22-2)18-16(20)12-17-5-6-19-7-9-23-10-8-19/h3-4,11,17H,5-10,12H2,1-2H3,(H,18,20). The minimum atomic E-state index is -0.0841. The van der Waals surface area contributed by atoms with Crippen LogP contribution in [0.4, 0.5) is 5.69 Å². The first-order valence-electron chi connectivity index (χ1n) is 7.75. The molecule has 1 fully saturated rings. The average molecular weight is 323 g/mol. The van der Waals surface area contributed by atoms with Gasteiger partial charge >= 0.3 is 0 Å². The van der Waals surface area contributed by atoms with Crippen molar-refractivity contribution in [2.75, 3.05) is 65.5 Å². The maximum atomic E-state index is 11.9. The summed E-state index contributed by atoms with van der Waals surface area (Å²) in [6.07, 6.45) is 0. The molecule has 0 saturated carbocycles. The molecule has 1 aromatic carbocycles. The number of hydrogen-bond donors (Lipinski definition) is 2. The van der Waals surface area contributed by atoms with E-state index < -0.39 is 0 Å². The number of morpholine rings is 1. The largest absolute Gasteiger partial charge is 0.493 e. The summed E-state index contributed by atoms with van der Waals surface area (Å²) in [5.74, 6) is 1.14. The molecule has 128 valence electrons. The fraction of sp³-hybridized carbons (Fsp3) is 0.562. The number of nitrogens with one attached hydrogen (secondary N) is 2. The number of methoxy groups -OCH3 is 2. The fourth-order valence-electron chi connectivity index (χ4n) is 2.38. The molecule has 1 aromatic rings. The fourth-order valence-corrected chi connectivity index (χ4v) is 2.38. The quantitative estimate of drug-likeness (QED) is 0.681. The van der Waals surface area contributed by atoms with E-state index in [9.17, 15) is 4.79 Å². The van der Waals surface area contributed by atoms with Gasteiger partial charge in [-0.25, -0.2) is 0 Å². The summed E-state index contributed by atoms with van der Waals surface area (Å²) in [4.78, 5) is 14.3. The lowest BCUT2D eigenvalue weighted by molar-refractivity contribution is -0.115. The van der Waals surface area contributed by atoms with Crippen LogP contribution in [0.5, 0.6) is 11.5 Å². The van der Waals surface area contributed by atoms with Crippen molar-refractivity contribution in [3.8, 4) is 11.5 Å². The van der Waals surface area contributed by atoms with E-state index in [1.54, 1.807) is 32.4 Å². The molecule has 1 aliphatic rings. The van der Waals surface area contributed by atoms with Crippen molar-refractivity contribution < 1.29 is 19.0 Å². The average Bonchev–Trinajstić information content (AvgIpc) is 2.59. The molecule has 1 aliphatic heterocycles. The third-order valence-corrected chi connectivity index (χ3v) is 3.66. The number of carbonyl (C=O) groups is 1. The van der Waals surface area contributed by atoms with E-state index in [1.165, 1.54) is 0 Å². The zero-order chi connectivity index (χ0) is 16.5. The molecule has 0 spiro atoms. The summed E-state index contributed by atoms with van der Waals surface area (Å²) in [6, 6.07) is 5.29. The van der Waals surface area contributed by atoms with Gasteiger partial charge in [0.15, 0.2) is 11.5 Å². The molecule has 0 aromatic heterocycles. The first-order chi connectivity index (χ1) is 11.2. The maximum Gasteiger partial charge on any atom is 0.238 e. The molecule has 7 nitrogen and oxygen atoms in total. The first-order valence-corrected chi connectivity index (χ1v) is 7.75. The van der Waals surface area contributed by atoms with Crippen LogP contribution >= 0.6 is 0 Å². The van der Waals surface area contributed by atoms with Crippen molar-refractivity contribution in [1.29, 1.82) is 0 Å². The van der Waals surface area contributed by atoms with Crippen molar-refractivity contribution in [3.63, 3.8) is 0 Å². The molecule has 7 heteroatoms. The van der Waals surface area contributed by atoms with Gasteiger partial charge in [0.25, 0.3) is 0 Å². The van der Waals surface area contributed by atoms with Crippen molar-refractivity contribution in [3.05, 3.63) is 18.2 Å². The van der Waals surface area contributed by atoms with Crippen molar-refractivity contribution in [1.82, 2.24) is 10.2 Å². The van der Waals surface area contributed by atoms with Crippen molar-refractivity contribution in [2.24, 2.45) is 0 Å². The smallest absolute Gasteiger partial charge is 0.238 e. The van der Waals surface area contributed by atoms with Crippen molar-refractivity contribution in [2.45, 2.75) is 0 Å². The third kappa shape index (κ3) is 5.70. The van der Waals surface area contributed by atoms with Gasteiger partial charge < -0.3 is 24.8 Å². The van der Waals surface area contributed by atoms with Crippen LogP contribution in [0.2, 0.25) is 0 Å². The van der Waals surface area contributed by atoms with Crippen LogP contribution in [0.3, 0.4) is 0 Å². The molecule has 0 radical (unpaired) electrons. The Morgan fingerprint density at radius 3 is 2.65 bits per heavy atom. The summed E-state index contributed by atoms with van der Waals surface area (Å²) in [7, 11) is 3.14. The Kier molecular flexibility index (Phi) is 7.12. The summed E-state index contributed by atoms with van der Waals surface area (Å²) >= 11 is 0. The number of benzene rings is 1. The third-order valence-electron chi connectivity index (χ3n) is 3.66. The van der Waals surface area contributed by atoms with Gasteiger partial charge in [0.1, 0.15) is 0 Å². The van der Waals surface area contributed by atoms with Crippen LogP contribution in [0.15, 0.2) is 18.2 Å². The minimum absolute atomic E-state index is 0.0841. The number of anilines is 1. The Morgan fingerprint density at radius 1 is 1.22 bits per heavy atom. The van der Waals surface area contributed by atoms with E-state index in [0.29, 0.717) is 17.2 Å². The minimum Gasteiger partial charge on any atom is -0.493 e. The van der Waals surface area contributed by atoms with E-state index in [-0.39, 0.29) is 12.5 Å². The Hall–Kier alpha value is -1.83. The highest BCUT2D eigenvalue weighted by Gasteiger charge is 2.10. The number of ether oxygens (including phenoxy) is 3. The molecule has 2 rings (SSSR count). The van der Waals surface area contributed by atoms with Gasteiger partial charge in [0, 0.05) is 37.9 Å². The highest BCUT2D eigenvalue weighted by atomic mass is 16.5. The molecule has 0 bridgehead atoms. The van der Waals surface area contributed by atoms with Gasteiger partial charge in [-0.15, -0.1) is 0 Å². The normalized spacial score (nSPS) is 15.2. The van der Waals surface area contributed by atoms with Gasteiger partial charge in [-0.05, 0) is 12.1 Å². The zero-order valence-electron chi connectivity index (χ0n) is 13.8. The molecule has 1 saturated heterocycles. The monoisotopic (exact) mass is 323 g/mol. The summed E-state index contributed by atoms with van der Waals surface area (Å²) in [6.45, 7) is 5.48. The Morgan fingerprint density at radius 2 is 1.96 bits per heavy atom. The van der Waals surface area contributed by atoms with Crippen LogP contribution in [0, 0.1) is 0 Å². The lowest BCUT2D eigenvalue weighted by Crippen LogP contribution is -2.41. The molecule has 1 amide bonds. The number of hydrogen-bond acceptors (Lipinski definition) is 6. The van der Waals surface area contributed by atoms with Gasteiger partial charge in [0.05, 0.1) is 34.0 Å². The lowest BCUT2D eigenvalue weighted by Gasteiger charge is -2.26. The Balaban J connectivity index is 1.69. The van der Waals surface area contributed by atoms with E-state index >= 15 is 0 Å². The van der Waals surface area contributed by atoms with E-state index in [1.807, 2.05) is 0 Å². The van der Waals surface area contributed by atoms with Gasteiger partial charge in [-0.1, -0.05) is 0 Å². The zero-order valence-corrected chi connectivity index (χ0v) is 13.8. The molecule has 2 N–H and O–H groups in total. The van der Waals surface area contributed by atoms with Crippen LogP contribution in [-0.4, -0.2) is 71.0 Å². The molecule has 0 aliphatic carbocycles. The molecule has 1 heterocycles. The van der Waals surface area contributed by atoms with Crippen molar-refractivity contribution >= 4 is 11.6 Å². The second-order valence-electron chi connectivity index (χ2n) is 5.25. The topological polar surface area (TPSA) is 72.1 Å². The number of rotatable bonds is 8. The van der Waals surface area contributed by atoms with Gasteiger partial charge in [0.2, 0.25) is 5.91 Å². The number of amides is 1. The molecular formula is C16H25N3O4. The predicted molar refractivity (Wildman–Crippen MR) is 88.3 cm³/mol. The predicted octanol–water partition coefficient (Wildman–Crippen LogP) is 0.564. The molecule has 23 heavy (non-hydrogen) atoms. The summed E-state index contributed by atoms with van der Waals surface area (Å²) in [5, 5.41) is 5.99. The number of nitrogens with zero attached hydrogens (tertiary/aromatic N) is 1. The summed E-state index contributed by atoms with van der Waals surface area (Å²) < 4.78 is 15.7. The van der Waals surface area contributed by atoms with Gasteiger partial charge in [-0.3, -0.25) is 9.69 Å². The van der Waals surface area contributed by atoms with Gasteiger partial charge in [-0.2, -0.15) is 0 Å². The van der Waals surface area contributed by atoms with Crippen LogP contribution < -0.4 is 20.1 Å². The second-order valence-corrected chi connectivity index (χ2v) is 5.25. The molecule has 0 atom stereocenters. The second kappa shape index (κ2) is 9.34. The van der Waals surface area contributed by atoms with Crippen LogP contribution in [0.25, 0.3) is 0 Å². The van der Waals surface area contributed by atoms with E-state index in [2.05, 4.69) is 15.5 Å². The molecule has 0 unspecified atom stereocenters. The maximum absolute atomic E-state index is 11.9. The highest BCUT2D eigenvalue weighted by Crippen LogP contribution is 2.29. The SMILES string of the molecule is COc1ccc(NC(=O)CNCCN2CCOCC2)cc1OC. The van der Waals surface area contributed by atoms with Crippen LogP contribution in [-0.2, 0) is 9.53 Å². The Labute approximate surface area is 136 Å². The lowest BCUT2D eigenvalue weighted by atomic mass is 10.2. The Bertz CT molecular complexity index is 504. The first kappa shape index (κ1) is 17.5. The van der Waals surface area contributed by atoms with E-state index in [4.69, 9.17) is 14.2 Å². The van der Waals surface area contributed by atoms with E-state index in [0.717, 1.165) is 39.4 Å². The van der Waals surface area contributed by atoms with Crippen LogP contribution in [0.1, 0.15) is 0 Å².